The van der Waals surface area contributed by atoms with Gasteiger partial charge in [-0.1, -0.05) is 26.0 Å². The number of esters is 1. The minimum Gasteiger partial charge on any atom is -0.489 e. The number of carbonyl (C=O) groups excluding carboxylic acids is 1. The molecule has 39 heavy (non-hydrogen) atoms. The van der Waals surface area contributed by atoms with E-state index in [1.165, 1.54) is 6.07 Å². The Morgan fingerprint density at radius 2 is 1.95 bits per heavy atom. The van der Waals surface area contributed by atoms with Crippen LogP contribution in [-0.4, -0.2) is 25.6 Å². The molecule has 0 fully saturated rings. The molecular weight excluding hydrogens is 502 g/mol. The quantitative estimate of drug-likeness (QED) is 0.198. The summed E-state index contributed by atoms with van der Waals surface area (Å²) in [5, 5.41) is 23.3. The predicted octanol–water partition coefficient (Wildman–Crippen LogP) is 4.13. The third-order valence-electron chi connectivity index (χ3n) is 7.71. The maximum atomic E-state index is 13.5. The third-order valence-corrected chi connectivity index (χ3v) is 7.71. The molecule has 0 radical (unpaired) electrons. The van der Waals surface area contributed by atoms with Gasteiger partial charge in [0.05, 0.1) is 39.5 Å². The summed E-state index contributed by atoms with van der Waals surface area (Å²) in [5.74, 6) is -0.210. The zero-order valence-electron chi connectivity index (χ0n) is 21.4. The Morgan fingerprint density at radius 3 is 2.69 bits per heavy atom. The van der Waals surface area contributed by atoms with Crippen molar-refractivity contribution in [3.63, 3.8) is 0 Å². The molecule has 0 amide bonds. The van der Waals surface area contributed by atoms with E-state index < -0.39 is 16.5 Å². The third kappa shape index (κ3) is 3.70. The summed E-state index contributed by atoms with van der Waals surface area (Å²) in [6.45, 7) is 3.86. The van der Waals surface area contributed by atoms with E-state index >= 15 is 0 Å². The van der Waals surface area contributed by atoms with Crippen molar-refractivity contribution >= 4 is 22.6 Å². The lowest BCUT2D eigenvalue weighted by Gasteiger charge is -2.31. The summed E-state index contributed by atoms with van der Waals surface area (Å²) in [4.78, 5) is 41.7. The van der Waals surface area contributed by atoms with Gasteiger partial charge in [-0.2, -0.15) is 0 Å². The Hall–Kier alpha value is -4.57. The normalized spacial score (nSPS) is 17.4. The molecule has 1 N–H and O–H groups in total. The highest BCUT2D eigenvalue weighted by molar-refractivity contribution is 5.90. The van der Waals surface area contributed by atoms with Gasteiger partial charge in [0.15, 0.2) is 5.60 Å². The number of nitrogens with zero attached hydrogens (tertiary/aromatic N) is 3. The number of rotatable bonds is 6. The van der Waals surface area contributed by atoms with E-state index in [4.69, 9.17) is 14.5 Å². The van der Waals surface area contributed by atoms with E-state index in [2.05, 4.69) is 0 Å². The summed E-state index contributed by atoms with van der Waals surface area (Å²) in [7, 11) is 0. The van der Waals surface area contributed by atoms with Crippen LogP contribution >= 0.6 is 0 Å². The molecule has 6 rings (SSSR count). The zero-order valence-corrected chi connectivity index (χ0v) is 21.4. The molecule has 10 nitrogen and oxygen atoms in total. The van der Waals surface area contributed by atoms with E-state index in [9.17, 15) is 24.8 Å². The van der Waals surface area contributed by atoms with Crippen LogP contribution in [0.4, 0.5) is 5.69 Å². The Labute approximate surface area is 222 Å². The molecule has 0 saturated heterocycles. The van der Waals surface area contributed by atoms with E-state index in [0.29, 0.717) is 41.2 Å². The SMILES string of the molecule is CCc1c2c(nc3ccc(OCc4ccccc4[N+](=O)[O-])cc13)-c1cc3c(c(=O)n1C2)COC(=O)C3(O)CC. The molecule has 198 valence electrons. The minimum absolute atomic E-state index is 0.00000232. The van der Waals surface area contributed by atoms with Gasteiger partial charge in [-0.25, -0.2) is 9.78 Å². The number of benzene rings is 2. The van der Waals surface area contributed by atoms with Crippen molar-refractivity contribution in [3.05, 3.63) is 96.8 Å². The number of para-hydroxylation sites is 1. The molecular formula is C29H25N3O7. The summed E-state index contributed by atoms with van der Waals surface area (Å²) in [6.07, 6.45) is 0.743. The maximum Gasteiger partial charge on any atom is 0.343 e. The largest absolute Gasteiger partial charge is 0.489 e. The number of hydrogen-bond acceptors (Lipinski definition) is 8. The number of aryl methyl sites for hydroxylation is 1. The lowest BCUT2D eigenvalue weighted by atomic mass is 9.86. The Morgan fingerprint density at radius 1 is 1.15 bits per heavy atom. The monoisotopic (exact) mass is 527 g/mol. The first kappa shape index (κ1) is 24.7. The standard InChI is InChI=1S/C29H25N3O7/c1-3-18-19-11-17(38-14-16-7-5-6-8-24(16)32(36)37)9-10-23(19)30-26-20(18)13-31-25(26)12-22-21(27(31)33)15-39-28(34)29(22,35)4-2/h5-12,35H,3-4,13-15H2,1-2H3. The number of aromatic nitrogens is 2. The molecule has 2 aliphatic rings. The lowest BCUT2D eigenvalue weighted by Crippen LogP contribution is -2.44. The molecule has 4 aromatic rings. The molecule has 0 spiro atoms. The van der Waals surface area contributed by atoms with Gasteiger partial charge in [0.2, 0.25) is 0 Å². The summed E-state index contributed by atoms with van der Waals surface area (Å²) < 4.78 is 12.7. The molecule has 2 aromatic carbocycles. The van der Waals surface area contributed by atoms with Gasteiger partial charge in [0, 0.05) is 22.6 Å². The Balaban J connectivity index is 1.43. The molecule has 2 aromatic heterocycles. The van der Waals surface area contributed by atoms with Crippen molar-refractivity contribution in [2.24, 2.45) is 0 Å². The summed E-state index contributed by atoms with van der Waals surface area (Å²) in [5.41, 5.74) is 2.65. The first-order valence-electron chi connectivity index (χ1n) is 12.7. The minimum atomic E-state index is -1.88. The molecule has 1 atom stereocenters. The number of fused-ring (bicyclic) bond motifs is 5. The highest BCUT2D eigenvalue weighted by atomic mass is 16.6. The van der Waals surface area contributed by atoms with Gasteiger partial charge in [-0.15, -0.1) is 0 Å². The van der Waals surface area contributed by atoms with Gasteiger partial charge in [-0.3, -0.25) is 14.9 Å². The van der Waals surface area contributed by atoms with Crippen LogP contribution in [0.2, 0.25) is 0 Å². The fourth-order valence-electron chi connectivity index (χ4n) is 5.61. The number of cyclic esters (lactones) is 1. The second kappa shape index (κ2) is 9.02. The average Bonchev–Trinajstić information content (AvgIpc) is 3.31. The van der Waals surface area contributed by atoms with Crippen LogP contribution in [0.1, 0.15) is 48.1 Å². The Bertz CT molecular complexity index is 1760. The van der Waals surface area contributed by atoms with Crippen LogP contribution in [0.25, 0.3) is 22.3 Å². The number of pyridine rings is 2. The van der Waals surface area contributed by atoms with Crippen LogP contribution < -0.4 is 10.3 Å². The molecule has 0 aliphatic carbocycles. The van der Waals surface area contributed by atoms with Gasteiger partial charge in [0.1, 0.15) is 19.0 Å². The second-order valence-corrected chi connectivity index (χ2v) is 9.73. The van der Waals surface area contributed by atoms with Crippen molar-refractivity contribution in [3.8, 4) is 17.1 Å². The molecule has 0 saturated carbocycles. The fraction of sp³-hybridized carbons (Fsp3) is 0.276. The van der Waals surface area contributed by atoms with Crippen LogP contribution in [0.3, 0.4) is 0 Å². The summed E-state index contributed by atoms with van der Waals surface area (Å²) >= 11 is 0. The van der Waals surface area contributed by atoms with Gasteiger partial charge in [-0.05, 0) is 48.7 Å². The van der Waals surface area contributed by atoms with Crippen molar-refractivity contribution < 1.29 is 24.3 Å². The van der Waals surface area contributed by atoms with E-state index in [0.717, 1.165) is 16.5 Å². The van der Waals surface area contributed by atoms with Crippen LogP contribution in [0.15, 0.2) is 53.3 Å². The first-order valence-corrected chi connectivity index (χ1v) is 12.7. The number of carbonyl (C=O) groups is 1. The topological polar surface area (TPSA) is 134 Å². The van der Waals surface area contributed by atoms with Crippen molar-refractivity contribution in [1.29, 1.82) is 0 Å². The van der Waals surface area contributed by atoms with E-state index in [1.54, 1.807) is 41.8 Å². The number of ether oxygens (including phenoxy) is 2. The average molecular weight is 528 g/mol. The fourth-order valence-corrected chi connectivity index (χ4v) is 5.61. The van der Waals surface area contributed by atoms with E-state index in [1.807, 2.05) is 19.1 Å². The molecule has 2 aliphatic heterocycles. The van der Waals surface area contributed by atoms with Gasteiger partial charge >= 0.3 is 5.97 Å². The van der Waals surface area contributed by atoms with Gasteiger partial charge < -0.3 is 19.1 Å². The Kier molecular flexibility index (Phi) is 5.72. The lowest BCUT2D eigenvalue weighted by molar-refractivity contribution is -0.385. The number of nitro groups is 1. The van der Waals surface area contributed by atoms with Crippen molar-refractivity contribution in [2.45, 2.75) is 52.0 Å². The van der Waals surface area contributed by atoms with Crippen LogP contribution in [-0.2, 0) is 41.3 Å². The first-order chi connectivity index (χ1) is 18.8. The summed E-state index contributed by atoms with van der Waals surface area (Å²) in [6, 6.07) is 13.6. The molecule has 4 heterocycles. The predicted molar refractivity (Wildman–Crippen MR) is 141 cm³/mol. The zero-order chi connectivity index (χ0) is 27.5. The van der Waals surface area contributed by atoms with Crippen molar-refractivity contribution in [1.82, 2.24) is 9.55 Å². The highest BCUT2D eigenvalue weighted by Crippen LogP contribution is 2.40. The van der Waals surface area contributed by atoms with Crippen LogP contribution in [0.5, 0.6) is 5.75 Å². The number of nitro benzene ring substituents is 1. The van der Waals surface area contributed by atoms with Crippen LogP contribution in [0, 0.1) is 10.1 Å². The van der Waals surface area contributed by atoms with Crippen molar-refractivity contribution in [2.75, 3.05) is 0 Å². The number of aliphatic hydroxyl groups is 1. The second-order valence-electron chi connectivity index (χ2n) is 9.73. The molecule has 1 unspecified atom stereocenters. The highest BCUT2D eigenvalue weighted by Gasteiger charge is 2.45. The van der Waals surface area contributed by atoms with Gasteiger partial charge in [0.25, 0.3) is 11.2 Å². The smallest absolute Gasteiger partial charge is 0.343 e. The molecule has 0 bridgehead atoms. The molecule has 10 heteroatoms. The maximum absolute atomic E-state index is 13.5. The van der Waals surface area contributed by atoms with E-state index in [-0.39, 0.29) is 42.0 Å². The number of hydrogen-bond donors (Lipinski definition) is 1.